The molecule has 0 unspecified atom stereocenters. The van der Waals surface area contributed by atoms with Crippen LogP contribution >= 0.6 is 0 Å². The van der Waals surface area contributed by atoms with Crippen LogP contribution in [0.25, 0.3) is 0 Å². The zero-order chi connectivity index (χ0) is 22.3. The number of rotatable bonds is 4. The number of anilines is 1. The van der Waals surface area contributed by atoms with Crippen molar-refractivity contribution in [2.75, 3.05) is 17.7 Å². The Kier molecular flexibility index (Phi) is 5.52. The highest BCUT2D eigenvalue weighted by molar-refractivity contribution is 7.90. The Morgan fingerprint density at radius 2 is 1.97 bits per heavy atom. The maximum Gasteiger partial charge on any atom is 0.425 e. The molecule has 30 heavy (non-hydrogen) atoms. The number of carbonyl (C=O) groups is 1. The van der Waals surface area contributed by atoms with Gasteiger partial charge in [0.15, 0.2) is 15.9 Å². The van der Waals surface area contributed by atoms with Crippen LogP contribution in [0.5, 0.6) is 5.75 Å². The van der Waals surface area contributed by atoms with Crippen LogP contribution in [0, 0.1) is 11.3 Å². The number of nitriles is 1. The Labute approximate surface area is 171 Å². The van der Waals surface area contributed by atoms with Gasteiger partial charge in [-0.25, -0.2) is 8.42 Å². The minimum Gasteiger partial charge on any atom is -0.480 e. The van der Waals surface area contributed by atoms with Crippen molar-refractivity contribution in [3.8, 4) is 11.8 Å². The summed E-state index contributed by atoms with van der Waals surface area (Å²) in [5.74, 6) is -1.08. The number of alkyl halides is 3. The van der Waals surface area contributed by atoms with Crippen molar-refractivity contribution >= 4 is 21.4 Å². The molecule has 2 aromatic carbocycles. The van der Waals surface area contributed by atoms with Gasteiger partial charge in [-0.2, -0.15) is 18.4 Å². The van der Waals surface area contributed by atoms with Crippen molar-refractivity contribution in [1.29, 1.82) is 5.26 Å². The first kappa shape index (κ1) is 21.6. The lowest BCUT2D eigenvalue weighted by atomic mass is 10.1. The van der Waals surface area contributed by atoms with Crippen molar-refractivity contribution in [1.82, 2.24) is 0 Å². The summed E-state index contributed by atoms with van der Waals surface area (Å²) in [6.07, 6.45) is -5.55. The Balaban J connectivity index is 2.08. The highest BCUT2D eigenvalue weighted by Gasteiger charge is 2.39. The zero-order valence-corrected chi connectivity index (χ0v) is 16.8. The van der Waals surface area contributed by atoms with Crippen molar-refractivity contribution in [2.24, 2.45) is 0 Å². The van der Waals surface area contributed by atoms with Crippen LogP contribution in [0.15, 0.2) is 41.3 Å². The van der Waals surface area contributed by atoms with Gasteiger partial charge >= 0.3 is 6.18 Å². The van der Waals surface area contributed by atoms with E-state index in [9.17, 15) is 31.6 Å². The lowest BCUT2D eigenvalue weighted by molar-refractivity contribution is -0.189. The highest BCUT2D eigenvalue weighted by atomic mass is 32.2. The van der Waals surface area contributed by atoms with Crippen molar-refractivity contribution in [2.45, 2.75) is 30.5 Å². The van der Waals surface area contributed by atoms with Gasteiger partial charge < -0.3 is 9.64 Å². The number of fused-ring (bicyclic) bond motifs is 1. The Bertz CT molecular complexity index is 1150. The molecule has 2 aromatic rings. The van der Waals surface area contributed by atoms with Gasteiger partial charge in [-0.1, -0.05) is 6.07 Å². The minimum atomic E-state index is -4.67. The SMILES string of the molecule is C[C@H](Oc1ccc(S(C)(=O)=O)cc1C(=O)N1CCc2c(C#N)cccc21)C(F)(F)F. The molecule has 0 radical (unpaired) electrons. The second-order valence-electron chi connectivity index (χ2n) is 6.85. The van der Waals surface area contributed by atoms with E-state index in [1.54, 1.807) is 18.2 Å². The van der Waals surface area contributed by atoms with E-state index >= 15 is 0 Å². The molecular formula is C20H17F3N2O4S. The number of hydrogen-bond donors (Lipinski definition) is 0. The molecule has 3 rings (SSSR count). The topological polar surface area (TPSA) is 87.5 Å². The molecular weight excluding hydrogens is 421 g/mol. The Morgan fingerprint density at radius 1 is 1.27 bits per heavy atom. The fraction of sp³-hybridized carbons (Fsp3) is 0.300. The first-order chi connectivity index (χ1) is 13.9. The van der Waals surface area contributed by atoms with Crippen LogP contribution in [0.4, 0.5) is 18.9 Å². The van der Waals surface area contributed by atoms with Crippen LogP contribution in [-0.2, 0) is 16.3 Å². The third-order valence-corrected chi connectivity index (χ3v) is 5.88. The largest absolute Gasteiger partial charge is 0.480 e. The number of amides is 1. The van der Waals surface area contributed by atoms with Crippen molar-refractivity contribution < 1.29 is 31.1 Å². The lowest BCUT2D eigenvalue weighted by Gasteiger charge is -2.23. The zero-order valence-electron chi connectivity index (χ0n) is 16.0. The molecule has 6 nitrogen and oxygen atoms in total. The van der Waals surface area contributed by atoms with Crippen LogP contribution in [-0.4, -0.2) is 39.4 Å². The van der Waals surface area contributed by atoms with E-state index < -0.39 is 28.0 Å². The number of hydrogen-bond acceptors (Lipinski definition) is 5. The molecule has 0 saturated heterocycles. The van der Waals surface area contributed by atoms with Crippen molar-refractivity contribution in [3.63, 3.8) is 0 Å². The van der Waals surface area contributed by atoms with Crippen LogP contribution < -0.4 is 9.64 Å². The molecule has 0 N–H and O–H groups in total. The molecule has 158 valence electrons. The molecule has 0 saturated carbocycles. The number of carbonyl (C=O) groups excluding carboxylic acids is 1. The lowest BCUT2D eigenvalue weighted by Crippen LogP contribution is -2.33. The Morgan fingerprint density at radius 3 is 2.57 bits per heavy atom. The van der Waals surface area contributed by atoms with E-state index in [2.05, 4.69) is 0 Å². The second-order valence-corrected chi connectivity index (χ2v) is 8.87. The minimum absolute atomic E-state index is 0.199. The normalized spacial score (nSPS) is 14.7. The average molecular weight is 438 g/mol. The standard InChI is InChI=1S/C20H17F3N2O4S/c1-12(20(21,22)23)29-18-7-6-14(30(2,27)28)10-16(18)19(26)25-9-8-15-13(11-24)4-3-5-17(15)25/h3-7,10,12H,8-9H2,1-2H3/t12-/m0/s1. The Hall–Kier alpha value is -3.06. The van der Waals surface area contributed by atoms with Gasteiger partial charge in [0.1, 0.15) is 5.75 Å². The fourth-order valence-electron chi connectivity index (χ4n) is 3.16. The molecule has 0 bridgehead atoms. The summed E-state index contributed by atoms with van der Waals surface area (Å²) in [6.45, 7) is 0.993. The maximum atomic E-state index is 13.2. The molecule has 1 amide bonds. The van der Waals surface area contributed by atoms with Crippen LogP contribution in [0.2, 0.25) is 0 Å². The van der Waals surface area contributed by atoms with Gasteiger partial charge in [-0.3, -0.25) is 4.79 Å². The summed E-state index contributed by atoms with van der Waals surface area (Å²) in [5.41, 5.74) is 1.21. The molecule has 0 aliphatic carbocycles. The average Bonchev–Trinajstić information content (AvgIpc) is 3.10. The third-order valence-electron chi connectivity index (χ3n) is 4.77. The van der Waals surface area contributed by atoms with E-state index in [0.717, 1.165) is 31.4 Å². The third kappa shape index (κ3) is 4.11. The summed E-state index contributed by atoms with van der Waals surface area (Å²) < 4.78 is 67.7. The molecule has 0 fully saturated rings. The second kappa shape index (κ2) is 7.65. The molecule has 1 aliphatic rings. The highest BCUT2D eigenvalue weighted by Crippen LogP contribution is 2.35. The monoisotopic (exact) mass is 438 g/mol. The molecule has 0 aromatic heterocycles. The van der Waals surface area contributed by atoms with Crippen molar-refractivity contribution in [3.05, 3.63) is 53.1 Å². The smallest absolute Gasteiger partial charge is 0.425 e. The molecule has 10 heteroatoms. The number of ether oxygens (including phenoxy) is 1. The van der Waals surface area contributed by atoms with Crippen LogP contribution in [0.3, 0.4) is 0 Å². The molecule has 1 aliphatic heterocycles. The van der Waals surface area contributed by atoms with Gasteiger partial charge in [0.05, 0.1) is 22.1 Å². The maximum absolute atomic E-state index is 13.2. The van der Waals surface area contributed by atoms with E-state index in [0.29, 0.717) is 23.2 Å². The summed E-state index contributed by atoms with van der Waals surface area (Å²) >= 11 is 0. The summed E-state index contributed by atoms with van der Waals surface area (Å²) in [5, 5.41) is 9.24. The van der Waals surface area contributed by atoms with E-state index in [1.807, 2.05) is 6.07 Å². The van der Waals surface area contributed by atoms with E-state index in [1.165, 1.54) is 4.90 Å². The number of halogens is 3. The molecule has 1 atom stereocenters. The number of benzene rings is 2. The van der Waals surface area contributed by atoms with Crippen LogP contribution in [0.1, 0.15) is 28.4 Å². The number of nitrogens with zero attached hydrogens (tertiary/aromatic N) is 2. The first-order valence-electron chi connectivity index (χ1n) is 8.85. The molecule has 1 heterocycles. The summed E-state index contributed by atoms with van der Waals surface area (Å²) in [7, 11) is -3.72. The quantitative estimate of drug-likeness (QED) is 0.729. The predicted octanol–water partition coefficient (Wildman–Crippen LogP) is 3.49. The fourth-order valence-corrected chi connectivity index (χ4v) is 3.81. The van der Waals surface area contributed by atoms with E-state index in [4.69, 9.17) is 4.74 Å². The molecule has 0 spiro atoms. The number of sulfone groups is 1. The predicted molar refractivity (Wildman–Crippen MR) is 102 cm³/mol. The van der Waals surface area contributed by atoms with Gasteiger partial charge in [-0.05, 0) is 49.2 Å². The summed E-state index contributed by atoms with van der Waals surface area (Å²) in [6, 6.07) is 10.0. The first-order valence-corrected chi connectivity index (χ1v) is 10.7. The van der Waals surface area contributed by atoms with Gasteiger partial charge in [0.25, 0.3) is 5.91 Å². The van der Waals surface area contributed by atoms with Gasteiger partial charge in [-0.15, -0.1) is 0 Å². The summed E-state index contributed by atoms with van der Waals surface area (Å²) in [4.78, 5) is 14.3. The van der Waals surface area contributed by atoms with Gasteiger partial charge in [0.2, 0.25) is 0 Å². The van der Waals surface area contributed by atoms with Gasteiger partial charge in [0, 0.05) is 18.5 Å². The van der Waals surface area contributed by atoms with E-state index in [-0.39, 0.29) is 22.8 Å².